The van der Waals surface area contributed by atoms with Crippen LogP contribution in [0.5, 0.6) is 0 Å². The van der Waals surface area contributed by atoms with Crippen molar-refractivity contribution >= 4 is 5.91 Å². The molecule has 0 bridgehead atoms. The summed E-state index contributed by atoms with van der Waals surface area (Å²) in [7, 11) is 0. The highest BCUT2D eigenvalue weighted by Gasteiger charge is 1.93. The number of allylic oxidation sites excluding steroid dienone is 1. The van der Waals surface area contributed by atoms with Crippen LogP contribution in [0, 0.1) is 0 Å². The number of nitrogens with one attached hydrogen (secondary N) is 1. The van der Waals surface area contributed by atoms with Gasteiger partial charge in [0.15, 0.2) is 0 Å². The monoisotopic (exact) mass is 309 g/mol. The molecule has 0 saturated carbocycles. The zero-order valence-corrected chi connectivity index (χ0v) is 15.2. The normalized spacial score (nSPS) is 11.2. The molecule has 22 heavy (non-hydrogen) atoms. The number of carbonyl (C=O) groups excluding carboxylic acids is 1. The maximum absolute atomic E-state index is 10.6. The van der Waals surface area contributed by atoms with Crippen LogP contribution < -0.4 is 5.32 Å². The van der Waals surface area contributed by atoms with E-state index in [0.29, 0.717) is 0 Å². The number of carbonyl (C=O) groups is 1. The lowest BCUT2D eigenvalue weighted by Gasteiger charge is -2.02. The first kappa shape index (κ1) is 21.2. The third-order valence-corrected chi connectivity index (χ3v) is 4.13. The highest BCUT2D eigenvalue weighted by atomic mass is 16.1. The third kappa shape index (κ3) is 19.2. The standard InChI is InChI=1S/C20H39NO/c1-3-4-5-6-7-8-9-10-11-12-13-14-15-16-17-18-19-21-20(2)22/h18-19H,3-17H2,1-2H3,(H,21,22)/b19-18-. The molecule has 1 N–H and O–H groups in total. The smallest absolute Gasteiger partial charge is 0.220 e. The molecule has 0 radical (unpaired) electrons. The van der Waals surface area contributed by atoms with Gasteiger partial charge in [-0.2, -0.15) is 0 Å². The molecule has 0 atom stereocenters. The van der Waals surface area contributed by atoms with Gasteiger partial charge in [-0.3, -0.25) is 4.79 Å². The lowest BCUT2D eigenvalue weighted by molar-refractivity contribution is -0.118. The summed E-state index contributed by atoms with van der Waals surface area (Å²) >= 11 is 0. The quantitative estimate of drug-likeness (QED) is 0.324. The Hall–Kier alpha value is -0.790. The Bertz CT molecular complexity index is 260. The fourth-order valence-corrected chi connectivity index (χ4v) is 2.72. The van der Waals surface area contributed by atoms with E-state index in [1.807, 2.05) is 0 Å². The minimum atomic E-state index is 0.0113. The SMILES string of the molecule is CCCCCCCCCCCCCCCC/C=C\NC(C)=O. The van der Waals surface area contributed by atoms with Gasteiger partial charge >= 0.3 is 0 Å². The zero-order chi connectivity index (χ0) is 16.3. The third-order valence-electron chi connectivity index (χ3n) is 4.13. The van der Waals surface area contributed by atoms with E-state index in [9.17, 15) is 4.79 Å². The van der Waals surface area contributed by atoms with Gasteiger partial charge in [-0.05, 0) is 19.0 Å². The van der Waals surface area contributed by atoms with Gasteiger partial charge in [0.05, 0.1) is 0 Å². The fourth-order valence-electron chi connectivity index (χ4n) is 2.72. The van der Waals surface area contributed by atoms with Crippen molar-refractivity contribution in [2.45, 2.75) is 110 Å². The first-order valence-corrected chi connectivity index (χ1v) is 9.69. The topological polar surface area (TPSA) is 29.1 Å². The molecule has 0 heterocycles. The first-order chi connectivity index (χ1) is 10.8. The second-order valence-corrected chi connectivity index (χ2v) is 6.49. The summed E-state index contributed by atoms with van der Waals surface area (Å²) in [6.45, 7) is 3.82. The van der Waals surface area contributed by atoms with Gasteiger partial charge in [0, 0.05) is 6.92 Å². The number of hydrogen-bond acceptors (Lipinski definition) is 1. The largest absolute Gasteiger partial charge is 0.333 e. The number of amides is 1. The van der Waals surface area contributed by atoms with Crippen LogP contribution in [0.25, 0.3) is 0 Å². The van der Waals surface area contributed by atoms with E-state index in [0.717, 1.165) is 6.42 Å². The maximum Gasteiger partial charge on any atom is 0.220 e. The summed E-state index contributed by atoms with van der Waals surface area (Å²) in [5.74, 6) is 0.0113. The van der Waals surface area contributed by atoms with Crippen LogP contribution in [0.1, 0.15) is 110 Å². The molecule has 0 aromatic carbocycles. The van der Waals surface area contributed by atoms with E-state index in [1.54, 1.807) is 6.20 Å². The molecule has 0 aliphatic rings. The van der Waals surface area contributed by atoms with Crippen LogP contribution in [0.4, 0.5) is 0 Å². The second kappa shape index (κ2) is 18.3. The van der Waals surface area contributed by atoms with Crippen LogP contribution in [0.3, 0.4) is 0 Å². The summed E-state index contributed by atoms with van der Waals surface area (Å²) in [4.78, 5) is 10.6. The van der Waals surface area contributed by atoms with Gasteiger partial charge in [0.1, 0.15) is 0 Å². The average molecular weight is 310 g/mol. The van der Waals surface area contributed by atoms with E-state index in [-0.39, 0.29) is 5.91 Å². The lowest BCUT2D eigenvalue weighted by atomic mass is 10.0. The molecule has 0 aliphatic heterocycles. The van der Waals surface area contributed by atoms with Crippen molar-refractivity contribution in [1.29, 1.82) is 0 Å². The Morgan fingerprint density at radius 3 is 1.55 bits per heavy atom. The maximum atomic E-state index is 10.6. The van der Waals surface area contributed by atoms with Gasteiger partial charge in [0.25, 0.3) is 0 Å². The van der Waals surface area contributed by atoms with Crippen molar-refractivity contribution in [2.24, 2.45) is 0 Å². The summed E-state index contributed by atoms with van der Waals surface area (Å²) in [6.07, 6.45) is 24.5. The minimum Gasteiger partial charge on any atom is -0.333 e. The molecule has 2 heteroatoms. The van der Waals surface area contributed by atoms with Gasteiger partial charge < -0.3 is 5.32 Å². The molecule has 2 nitrogen and oxygen atoms in total. The molecule has 1 amide bonds. The molecule has 0 unspecified atom stereocenters. The number of hydrogen-bond donors (Lipinski definition) is 1. The Labute approximate surface area is 139 Å². The van der Waals surface area contributed by atoms with E-state index < -0.39 is 0 Å². The molecule has 0 aliphatic carbocycles. The van der Waals surface area contributed by atoms with Crippen LogP contribution in [0.2, 0.25) is 0 Å². The molecule has 0 spiro atoms. The van der Waals surface area contributed by atoms with Crippen LogP contribution >= 0.6 is 0 Å². The summed E-state index contributed by atoms with van der Waals surface area (Å²) < 4.78 is 0. The molecule has 0 fully saturated rings. The van der Waals surface area contributed by atoms with Crippen molar-refractivity contribution in [1.82, 2.24) is 5.32 Å². The molecule has 0 rings (SSSR count). The molecule has 0 saturated heterocycles. The highest BCUT2D eigenvalue weighted by molar-refractivity contribution is 5.73. The van der Waals surface area contributed by atoms with Crippen molar-refractivity contribution in [3.8, 4) is 0 Å². The molecule has 0 aromatic heterocycles. The molecular weight excluding hydrogens is 270 g/mol. The van der Waals surface area contributed by atoms with E-state index >= 15 is 0 Å². The number of rotatable bonds is 16. The Morgan fingerprint density at radius 2 is 1.14 bits per heavy atom. The van der Waals surface area contributed by atoms with Crippen molar-refractivity contribution in [3.05, 3.63) is 12.3 Å². The van der Waals surface area contributed by atoms with Crippen molar-refractivity contribution < 1.29 is 4.79 Å². The van der Waals surface area contributed by atoms with Crippen LogP contribution in [-0.2, 0) is 4.79 Å². The molecule has 0 aromatic rings. The van der Waals surface area contributed by atoms with E-state index in [4.69, 9.17) is 0 Å². The number of unbranched alkanes of at least 4 members (excludes halogenated alkanes) is 14. The van der Waals surface area contributed by atoms with E-state index in [2.05, 4.69) is 18.3 Å². The summed E-state index contributed by atoms with van der Waals surface area (Å²) in [5.41, 5.74) is 0. The van der Waals surface area contributed by atoms with Crippen LogP contribution in [0.15, 0.2) is 12.3 Å². The van der Waals surface area contributed by atoms with Crippen molar-refractivity contribution in [3.63, 3.8) is 0 Å². The van der Waals surface area contributed by atoms with Crippen LogP contribution in [-0.4, -0.2) is 5.91 Å². The van der Waals surface area contributed by atoms with Gasteiger partial charge in [-0.15, -0.1) is 0 Å². The van der Waals surface area contributed by atoms with Gasteiger partial charge in [0.2, 0.25) is 5.91 Å². The predicted molar refractivity (Wildman–Crippen MR) is 97.9 cm³/mol. The van der Waals surface area contributed by atoms with Crippen molar-refractivity contribution in [2.75, 3.05) is 0 Å². The zero-order valence-electron chi connectivity index (χ0n) is 15.2. The Balaban J connectivity index is 3.02. The summed E-state index contributed by atoms with van der Waals surface area (Å²) in [5, 5.41) is 2.68. The van der Waals surface area contributed by atoms with E-state index in [1.165, 1.54) is 96.8 Å². The minimum absolute atomic E-state index is 0.0113. The predicted octanol–water partition coefficient (Wildman–Crippen LogP) is 6.51. The second-order valence-electron chi connectivity index (χ2n) is 6.49. The highest BCUT2D eigenvalue weighted by Crippen LogP contribution is 2.13. The Morgan fingerprint density at radius 1 is 0.727 bits per heavy atom. The van der Waals surface area contributed by atoms with Gasteiger partial charge in [-0.1, -0.05) is 96.5 Å². The van der Waals surface area contributed by atoms with Gasteiger partial charge in [-0.25, -0.2) is 0 Å². The Kier molecular flexibility index (Phi) is 17.6. The molecular formula is C20H39NO. The fraction of sp³-hybridized carbons (Fsp3) is 0.850. The first-order valence-electron chi connectivity index (χ1n) is 9.69. The summed E-state index contributed by atoms with van der Waals surface area (Å²) in [6, 6.07) is 0. The average Bonchev–Trinajstić information content (AvgIpc) is 2.50. The lowest BCUT2D eigenvalue weighted by Crippen LogP contribution is -2.11. The molecule has 130 valence electrons.